The van der Waals surface area contributed by atoms with Crippen LogP contribution in [0.4, 0.5) is 0 Å². The SMILES string of the molecule is O=c1[nH]n[c]n(CC2NCCS2)c1=O. The van der Waals surface area contributed by atoms with Gasteiger partial charge in [-0.25, -0.2) is 5.10 Å². The molecule has 2 heterocycles. The van der Waals surface area contributed by atoms with Crippen LogP contribution in [0.5, 0.6) is 0 Å². The summed E-state index contributed by atoms with van der Waals surface area (Å²) in [5, 5.41) is 8.86. The highest BCUT2D eigenvalue weighted by molar-refractivity contribution is 8.00. The largest absolute Gasteiger partial charge is 0.330 e. The van der Waals surface area contributed by atoms with E-state index in [9.17, 15) is 9.59 Å². The van der Waals surface area contributed by atoms with Crippen LogP contribution in [-0.2, 0) is 6.54 Å². The third-order valence-electron chi connectivity index (χ3n) is 1.91. The standard InChI is InChI=1S/C7H9N4O2S/c12-6-7(13)11(4-9-10-6)3-5-8-1-2-14-5/h5,8H,1-3H2,(H,10,12). The molecule has 0 bridgehead atoms. The number of hydrogen-bond donors (Lipinski definition) is 2. The van der Waals surface area contributed by atoms with Gasteiger partial charge in [0.25, 0.3) is 0 Å². The van der Waals surface area contributed by atoms with Gasteiger partial charge in [-0.15, -0.1) is 11.8 Å². The maximum atomic E-state index is 11.3. The van der Waals surface area contributed by atoms with Crippen LogP contribution in [0, 0.1) is 6.33 Å². The fourth-order valence-electron chi connectivity index (χ4n) is 1.24. The van der Waals surface area contributed by atoms with Crippen molar-refractivity contribution in [1.29, 1.82) is 0 Å². The quantitative estimate of drug-likeness (QED) is 0.578. The maximum Gasteiger partial charge on any atom is 0.330 e. The van der Waals surface area contributed by atoms with Crippen molar-refractivity contribution >= 4 is 11.8 Å². The van der Waals surface area contributed by atoms with Gasteiger partial charge in [0.2, 0.25) is 6.33 Å². The molecule has 1 saturated heterocycles. The minimum Gasteiger partial charge on any atom is -0.303 e. The average Bonchev–Trinajstić information content (AvgIpc) is 2.66. The molecule has 1 unspecified atom stereocenters. The molecule has 0 saturated carbocycles. The molecule has 1 atom stereocenters. The molecule has 1 aromatic heterocycles. The van der Waals surface area contributed by atoms with Gasteiger partial charge in [0, 0.05) is 12.3 Å². The minimum absolute atomic E-state index is 0.174. The zero-order valence-corrected chi connectivity index (χ0v) is 8.13. The first kappa shape index (κ1) is 9.47. The Kier molecular flexibility index (Phi) is 2.69. The lowest BCUT2D eigenvalue weighted by Crippen LogP contribution is -2.40. The molecule has 7 heteroatoms. The highest BCUT2D eigenvalue weighted by atomic mass is 32.2. The van der Waals surface area contributed by atoms with Gasteiger partial charge in [0.1, 0.15) is 0 Å². The van der Waals surface area contributed by atoms with Crippen molar-refractivity contribution in [3.05, 3.63) is 27.0 Å². The van der Waals surface area contributed by atoms with Crippen LogP contribution in [-0.4, -0.2) is 32.4 Å². The van der Waals surface area contributed by atoms with Gasteiger partial charge in [-0.3, -0.25) is 14.2 Å². The van der Waals surface area contributed by atoms with Crippen LogP contribution in [0.25, 0.3) is 0 Å². The number of rotatable bonds is 2. The van der Waals surface area contributed by atoms with E-state index in [4.69, 9.17) is 0 Å². The van der Waals surface area contributed by atoms with E-state index < -0.39 is 11.1 Å². The molecule has 2 rings (SSSR count). The highest BCUT2D eigenvalue weighted by Crippen LogP contribution is 2.13. The van der Waals surface area contributed by atoms with Crippen molar-refractivity contribution in [2.24, 2.45) is 0 Å². The number of nitrogens with zero attached hydrogens (tertiary/aromatic N) is 2. The Hall–Kier alpha value is -1.08. The Balaban J connectivity index is 2.20. The van der Waals surface area contributed by atoms with E-state index in [0.717, 1.165) is 12.3 Å². The van der Waals surface area contributed by atoms with Crippen molar-refractivity contribution in [2.75, 3.05) is 12.3 Å². The first-order valence-electron chi connectivity index (χ1n) is 4.19. The lowest BCUT2D eigenvalue weighted by atomic mass is 10.5. The second-order valence-corrected chi connectivity index (χ2v) is 4.19. The second-order valence-electron chi connectivity index (χ2n) is 2.88. The number of nitrogens with one attached hydrogen (secondary N) is 2. The monoisotopic (exact) mass is 213 g/mol. The molecule has 0 spiro atoms. The molecular formula is C7H9N4O2S. The molecule has 2 N–H and O–H groups in total. The fourth-order valence-corrected chi connectivity index (χ4v) is 2.25. The van der Waals surface area contributed by atoms with Crippen LogP contribution in [0.3, 0.4) is 0 Å². The summed E-state index contributed by atoms with van der Waals surface area (Å²) < 4.78 is 1.20. The van der Waals surface area contributed by atoms with Crippen LogP contribution >= 0.6 is 11.8 Å². The van der Waals surface area contributed by atoms with E-state index in [1.807, 2.05) is 5.10 Å². The summed E-state index contributed by atoms with van der Waals surface area (Å²) in [6.07, 6.45) is 2.45. The molecule has 1 radical (unpaired) electrons. The van der Waals surface area contributed by atoms with E-state index in [-0.39, 0.29) is 5.37 Å². The first-order valence-corrected chi connectivity index (χ1v) is 5.24. The Labute approximate surface area is 83.7 Å². The molecule has 1 fully saturated rings. The molecule has 0 amide bonds. The van der Waals surface area contributed by atoms with Crippen molar-refractivity contribution < 1.29 is 0 Å². The lowest BCUT2D eigenvalue weighted by Gasteiger charge is -2.09. The highest BCUT2D eigenvalue weighted by Gasteiger charge is 2.16. The van der Waals surface area contributed by atoms with Gasteiger partial charge in [-0.2, -0.15) is 5.10 Å². The fraction of sp³-hybridized carbons (Fsp3) is 0.571. The molecule has 75 valence electrons. The summed E-state index contributed by atoms with van der Waals surface area (Å²) >= 11 is 1.72. The first-order chi connectivity index (χ1) is 6.77. The van der Waals surface area contributed by atoms with Gasteiger partial charge >= 0.3 is 11.1 Å². The molecule has 1 aliphatic heterocycles. The Morgan fingerprint density at radius 2 is 2.50 bits per heavy atom. The number of H-pyrrole nitrogens is 1. The molecule has 14 heavy (non-hydrogen) atoms. The second kappa shape index (κ2) is 3.97. The van der Waals surface area contributed by atoms with E-state index in [2.05, 4.69) is 16.7 Å². The lowest BCUT2D eigenvalue weighted by molar-refractivity contribution is 0.558. The number of aromatic amines is 1. The van der Waals surface area contributed by atoms with E-state index in [1.54, 1.807) is 11.8 Å². The number of thioether (sulfide) groups is 1. The topological polar surface area (TPSA) is 79.8 Å². The van der Waals surface area contributed by atoms with Crippen LogP contribution in [0.2, 0.25) is 0 Å². The molecule has 0 aliphatic carbocycles. The van der Waals surface area contributed by atoms with Crippen molar-refractivity contribution in [1.82, 2.24) is 20.1 Å². The van der Waals surface area contributed by atoms with Crippen molar-refractivity contribution in [3.8, 4) is 0 Å². The summed E-state index contributed by atoms with van der Waals surface area (Å²) in [4.78, 5) is 22.2. The normalized spacial score (nSPS) is 21.3. The van der Waals surface area contributed by atoms with E-state index >= 15 is 0 Å². The summed E-state index contributed by atoms with van der Waals surface area (Å²) in [7, 11) is 0. The van der Waals surface area contributed by atoms with Crippen LogP contribution in [0.1, 0.15) is 0 Å². The van der Waals surface area contributed by atoms with E-state index in [0.29, 0.717) is 6.54 Å². The Morgan fingerprint density at radius 3 is 3.21 bits per heavy atom. The smallest absolute Gasteiger partial charge is 0.303 e. The third-order valence-corrected chi connectivity index (χ3v) is 3.07. The zero-order valence-electron chi connectivity index (χ0n) is 7.32. The van der Waals surface area contributed by atoms with E-state index in [1.165, 1.54) is 4.57 Å². The summed E-state index contributed by atoms with van der Waals surface area (Å²) in [6, 6.07) is 0. The maximum absolute atomic E-state index is 11.3. The molecule has 1 aliphatic rings. The van der Waals surface area contributed by atoms with Gasteiger partial charge in [-0.05, 0) is 0 Å². The molecular weight excluding hydrogens is 204 g/mol. The predicted molar refractivity (Wildman–Crippen MR) is 52.2 cm³/mol. The Morgan fingerprint density at radius 1 is 1.64 bits per heavy atom. The van der Waals surface area contributed by atoms with Gasteiger partial charge < -0.3 is 5.32 Å². The van der Waals surface area contributed by atoms with Crippen LogP contribution < -0.4 is 16.4 Å². The zero-order chi connectivity index (χ0) is 9.97. The van der Waals surface area contributed by atoms with Gasteiger partial charge in [-0.1, -0.05) is 0 Å². The van der Waals surface area contributed by atoms with Gasteiger partial charge in [0.05, 0.1) is 11.9 Å². The average molecular weight is 213 g/mol. The number of hydrogen-bond acceptors (Lipinski definition) is 5. The molecule has 6 nitrogen and oxygen atoms in total. The summed E-state index contributed by atoms with van der Waals surface area (Å²) in [6.45, 7) is 1.36. The summed E-state index contributed by atoms with van der Waals surface area (Å²) in [5.41, 5.74) is -1.30. The van der Waals surface area contributed by atoms with Crippen LogP contribution in [0.15, 0.2) is 9.59 Å². The Bertz CT molecular complexity index is 420. The molecule has 0 aromatic carbocycles. The minimum atomic E-state index is -0.702. The third kappa shape index (κ3) is 1.88. The summed E-state index contributed by atoms with van der Waals surface area (Å²) in [5.74, 6) is 1.02. The van der Waals surface area contributed by atoms with Crippen molar-refractivity contribution in [2.45, 2.75) is 11.9 Å². The number of aromatic nitrogens is 3. The van der Waals surface area contributed by atoms with Crippen molar-refractivity contribution in [3.63, 3.8) is 0 Å². The predicted octanol–water partition coefficient (Wildman–Crippen LogP) is -1.61. The van der Waals surface area contributed by atoms with Gasteiger partial charge in [0.15, 0.2) is 0 Å². The molecule has 1 aromatic rings.